The van der Waals surface area contributed by atoms with Crippen molar-refractivity contribution in [2.24, 2.45) is 4.99 Å². The van der Waals surface area contributed by atoms with Gasteiger partial charge in [0.25, 0.3) is 5.91 Å². The molecule has 1 aliphatic rings. The standard InChI is InChI=1S/C16H13N3O3S/c1-8-3-4-12-10(5-8)6-11(14(21)17-12)7-13-15(22)18-16(23)19(13)9(2)20/h3-7,22H,1-2H3,(H,18,23)/b11-7+. The molecule has 6 nitrogen and oxygen atoms in total. The molecule has 1 amide bonds. The van der Waals surface area contributed by atoms with E-state index in [0.29, 0.717) is 5.36 Å². The van der Waals surface area contributed by atoms with Gasteiger partial charge in [-0.2, -0.15) is 0 Å². The first-order valence-electron chi connectivity index (χ1n) is 6.85. The summed E-state index contributed by atoms with van der Waals surface area (Å²) in [6, 6.07) is 5.57. The molecule has 1 aliphatic heterocycles. The number of carbonyl (C=O) groups excluding carboxylic acids is 2. The second-order valence-electron chi connectivity index (χ2n) is 5.24. The zero-order valence-electron chi connectivity index (χ0n) is 12.5. The van der Waals surface area contributed by atoms with Gasteiger partial charge in [-0.3, -0.25) is 14.2 Å². The molecular weight excluding hydrogens is 314 g/mol. The van der Waals surface area contributed by atoms with Gasteiger partial charge in [0.1, 0.15) is 5.69 Å². The Kier molecular flexibility index (Phi) is 3.57. The number of aryl methyl sites for hydroxylation is 1. The van der Waals surface area contributed by atoms with Crippen molar-refractivity contribution >= 4 is 36.2 Å². The summed E-state index contributed by atoms with van der Waals surface area (Å²) in [4.78, 5) is 30.4. The second kappa shape index (κ2) is 5.44. The number of benzene rings is 1. The van der Waals surface area contributed by atoms with E-state index in [-0.39, 0.29) is 27.8 Å². The Hall–Kier alpha value is -2.80. The molecule has 0 fully saturated rings. The van der Waals surface area contributed by atoms with Crippen LogP contribution in [0, 0.1) is 11.7 Å². The highest BCUT2D eigenvalue weighted by atomic mass is 32.1. The molecule has 0 saturated heterocycles. The van der Waals surface area contributed by atoms with Crippen LogP contribution in [0.2, 0.25) is 0 Å². The summed E-state index contributed by atoms with van der Waals surface area (Å²) < 4.78 is 1.20. The normalized spacial score (nSPS) is 15.0. The topological polar surface area (TPSA) is 87.4 Å². The Morgan fingerprint density at radius 1 is 1.43 bits per heavy atom. The summed E-state index contributed by atoms with van der Waals surface area (Å²) in [5, 5.41) is 11.3. The minimum absolute atomic E-state index is 0.0679. The molecular formula is C16H13N3O3S. The Bertz CT molecular complexity index is 1060. The van der Waals surface area contributed by atoms with Crippen LogP contribution >= 0.6 is 12.2 Å². The molecule has 1 aromatic carbocycles. The quantitative estimate of drug-likeness (QED) is 0.609. The Morgan fingerprint density at radius 2 is 2.17 bits per heavy atom. The number of rotatable bonds is 1. The number of nitrogens with zero attached hydrogens (tertiary/aromatic N) is 2. The number of H-pyrrole nitrogens is 1. The van der Waals surface area contributed by atoms with Crippen LogP contribution in [0.15, 0.2) is 28.8 Å². The van der Waals surface area contributed by atoms with E-state index in [9.17, 15) is 14.7 Å². The van der Waals surface area contributed by atoms with Crippen molar-refractivity contribution in [2.75, 3.05) is 0 Å². The zero-order valence-corrected chi connectivity index (χ0v) is 13.3. The molecule has 0 spiro atoms. The lowest BCUT2D eigenvalue weighted by atomic mass is 10.1. The molecule has 0 radical (unpaired) electrons. The fourth-order valence-corrected chi connectivity index (χ4v) is 2.75. The van der Waals surface area contributed by atoms with Crippen molar-refractivity contribution in [3.05, 3.63) is 50.4 Å². The van der Waals surface area contributed by atoms with Crippen molar-refractivity contribution in [3.8, 4) is 5.88 Å². The van der Waals surface area contributed by atoms with Gasteiger partial charge in [-0.1, -0.05) is 11.6 Å². The lowest BCUT2D eigenvalue weighted by molar-refractivity contribution is -0.114. The van der Waals surface area contributed by atoms with Gasteiger partial charge in [-0.25, -0.2) is 4.99 Å². The number of hydrogen-bond donors (Lipinski definition) is 2. The predicted octanol–water partition coefficient (Wildman–Crippen LogP) is 1.24. The number of aromatic nitrogens is 2. The van der Waals surface area contributed by atoms with Crippen LogP contribution in [0.5, 0.6) is 5.88 Å². The summed E-state index contributed by atoms with van der Waals surface area (Å²) >= 11 is 4.99. The summed E-state index contributed by atoms with van der Waals surface area (Å²) in [6.07, 6.45) is 3.08. The van der Waals surface area contributed by atoms with Gasteiger partial charge in [0.2, 0.25) is 11.8 Å². The largest absolute Gasteiger partial charge is 0.493 e. The first kappa shape index (κ1) is 15.1. The lowest BCUT2D eigenvalue weighted by Crippen LogP contribution is -2.30. The van der Waals surface area contributed by atoms with Crippen LogP contribution in [0.3, 0.4) is 0 Å². The summed E-state index contributed by atoms with van der Waals surface area (Å²) in [7, 11) is 0. The summed E-state index contributed by atoms with van der Waals surface area (Å²) in [5.74, 6) is -1.08. The van der Waals surface area contributed by atoms with E-state index in [2.05, 4.69) is 9.98 Å². The van der Waals surface area contributed by atoms with E-state index in [1.165, 1.54) is 13.0 Å². The summed E-state index contributed by atoms with van der Waals surface area (Å²) in [5.41, 5.74) is 1.44. The second-order valence-corrected chi connectivity index (χ2v) is 5.63. The van der Waals surface area contributed by atoms with Gasteiger partial charge in [0.05, 0.1) is 5.36 Å². The molecule has 7 heteroatoms. The maximum Gasteiger partial charge on any atom is 0.277 e. The van der Waals surface area contributed by atoms with Crippen LogP contribution in [-0.4, -0.2) is 26.5 Å². The van der Waals surface area contributed by atoms with Crippen LogP contribution in [-0.2, 0) is 4.79 Å². The SMILES string of the molecule is CC(=O)n1c(/C=C2\C=c3cc(C)ccc3=NC2=O)c(O)[nH]c1=S. The van der Waals surface area contributed by atoms with Gasteiger partial charge in [-0.05, 0) is 43.4 Å². The van der Waals surface area contributed by atoms with Gasteiger partial charge in [0, 0.05) is 17.7 Å². The maximum atomic E-state index is 12.2. The molecule has 0 atom stereocenters. The number of aromatic hydroxyl groups is 1. The molecule has 1 aromatic heterocycles. The van der Waals surface area contributed by atoms with E-state index in [0.717, 1.165) is 15.3 Å². The van der Waals surface area contributed by atoms with Crippen LogP contribution in [0.4, 0.5) is 0 Å². The van der Waals surface area contributed by atoms with Crippen LogP contribution in [0.1, 0.15) is 23.0 Å². The van der Waals surface area contributed by atoms with Crippen LogP contribution < -0.4 is 10.6 Å². The first-order chi connectivity index (χ1) is 10.9. The highest BCUT2D eigenvalue weighted by molar-refractivity contribution is 7.71. The maximum absolute atomic E-state index is 12.2. The number of carbonyl (C=O) groups is 2. The Morgan fingerprint density at radius 3 is 2.87 bits per heavy atom. The molecule has 0 unspecified atom stereocenters. The zero-order chi connectivity index (χ0) is 16.7. The molecule has 0 bridgehead atoms. The average Bonchev–Trinajstić information content (AvgIpc) is 2.74. The lowest BCUT2D eigenvalue weighted by Gasteiger charge is -2.05. The molecule has 0 aliphatic carbocycles. The molecule has 2 N–H and O–H groups in total. The number of amides is 1. The third-order valence-corrected chi connectivity index (χ3v) is 3.77. The smallest absolute Gasteiger partial charge is 0.277 e. The molecule has 2 heterocycles. The number of fused-ring (bicyclic) bond motifs is 1. The van der Waals surface area contributed by atoms with Gasteiger partial charge in [0.15, 0.2) is 4.77 Å². The fourth-order valence-electron chi connectivity index (χ4n) is 2.43. The van der Waals surface area contributed by atoms with E-state index >= 15 is 0 Å². The minimum atomic E-state index is -0.442. The van der Waals surface area contributed by atoms with Crippen molar-refractivity contribution < 1.29 is 14.7 Å². The molecule has 0 saturated carbocycles. The highest BCUT2D eigenvalue weighted by Crippen LogP contribution is 2.20. The third-order valence-electron chi connectivity index (χ3n) is 3.48. The Balaban J connectivity index is 2.24. The molecule has 3 rings (SSSR count). The highest BCUT2D eigenvalue weighted by Gasteiger charge is 2.16. The van der Waals surface area contributed by atoms with Crippen molar-refractivity contribution in [3.63, 3.8) is 0 Å². The molecule has 2 aromatic rings. The van der Waals surface area contributed by atoms with E-state index in [4.69, 9.17) is 12.2 Å². The fraction of sp³-hybridized carbons (Fsp3) is 0.125. The molecule has 23 heavy (non-hydrogen) atoms. The van der Waals surface area contributed by atoms with E-state index < -0.39 is 5.91 Å². The van der Waals surface area contributed by atoms with Gasteiger partial charge >= 0.3 is 0 Å². The predicted molar refractivity (Wildman–Crippen MR) is 87.0 cm³/mol. The van der Waals surface area contributed by atoms with E-state index in [1.807, 2.05) is 19.1 Å². The van der Waals surface area contributed by atoms with Crippen molar-refractivity contribution in [2.45, 2.75) is 13.8 Å². The minimum Gasteiger partial charge on any atom is -0.493 e. The van der Waals surface area contributed by atoms with Crippen LogP contribution in [0.25, 0.3) is 12.2 Å². The molecule has 116 valence electrons. The number of nitrogens with one attached hydrogen (secondary N) is 1. The van der Waals surface area contributed by atoms with Crippen molar-refractivity contribution in [1.82, 2.24) is 9.55 Å². The summed E-state index contributed by atoms with van der Waals surface area (Å²) in [6.45, 7) is 3.26. The van der Waals surface area contributed by atoms with E-state index in [1.54, 1.807) is 12.1 Å². The monoisotopic (exact) mass is 327 g/mol. The number of imidazole rings is 1. The number of hydrogen-bond acceptors (Lipinski definition) is 4. The first-order valence-corrected chi connectivity index (χ1v) is 7.25. The average molecular weight is 327 g/mol. The Labute approximate surface area is 136 Å². The van der Waals surface area contributed by atoms with Gasteiger partial charge in [-0.15, -0.1) is 0 Å². The third kappa shape index (κ3) is 2.66. The van der Waals surface area contributed by atoms with Crippen molar-refractivity contribution in [1.29, 1.82) is 0 Å². The van der Waals surface area contributed by atoms with Gasteiger partial charge < -0.3 is 10.1 Å². The number of aromatic amines is 1.